The van der Waals surface area contributed by atoms with Gasteiger partial charge >= 0.3 is 6.09 Å². The first kappa shape index (κ1) is 20.6. The fourth-order valence-electron chi connectivity index (χ4n) is 2.87. The van der Waals surface area contributed by atoms with Crippen molar-refractivity contribution in [2.75, 3.05) is 25.7 Å². The van der Waals surface area contributed by atoms with Crippen molar-refractivity contribution in [2.45, 2.75) is 46.2 Å². The quantitative estimate of drug-likeness (QED) is 0.810. The number of fused-ring (bicyclic) bond motifs is 1. The molecule has 0 aliphatic carbocycles. The van der Waals surface area contributed by atoms with Gasteiger partial charge in [0.05, 0.1) is 38.1 Å². The van der Waals surface area contributed by atoms with Gasteiger partial charge in [-0.2, -0.15) is 0 Å². The molecule has 0 spiro atoms. The molecular formula is C20H28N2O5. The van der Waals surface area contributed by atoms with Crippen LogP contribution in [-0.4, -0.2) is 44.3 Å². The molecule has 0 saturated carbocycles. The Morgan fingerprint density at radius 1 is 1.22 bits per heavy atom. The third-order valence-electron chi connectivity index (χ3n) is 4.23. The summed E-state index contributed by atoms with van der Waals surface area (Å²) < 4.78 is 15.9. The van der Waals surface area contributed by atoms with E-state index in [-0.39, 0.29) is 17.9 Å². The minimum atomic E-state index is -0.521. The van der Waals surface area contributed by atoms with Crippen LogP contribution in [0.1, 0.15) is 45.0 Å². The van der Waals surface area contributed by atoms with E-state index < -0.39 is 12.1 Å². The van der Waals surface area contributed by atoms with Crippen LogP contribution in [0, 0.1) is 0 Å². The van der Waals surface area contributed by atoms with Gasteiger partial charge in [-0.15, -0.1) is 0 Å². The molecule has 0 bridgehead atoms. The first-order valence-corrected chi connectivity index (χ1v) is 8.89. The van der Waals surface area contributed by atoms with E-state index >= 15 is 0 Å². The molecular weight excluding hydrogens is 348 g/mol. The highest BCUT2D eigenvalue weighted by atomic mass is 16.6. The van der Waals surface area contributed by atoms with Crippen LogP contribution in [0.15, 0.2) is 23.9 Å². The lowest BCUT2D eigenvalue weighted by Crippen LogP contribution is -2.47. The van der Waals surface area contributed by atoms with E-state index in [0.717, 1.165) is 0 Å². The van der Waals surface area contributed by atoms with Crippen molar-refractivity contribution in [3.8, 4) is 11.5 Å². The average molecular weight is 376 g/mol. The fraction of sp³-hybridized carbons (Fsp3) is 0.500. The normalized spacial score (nSPS) is 18.2. The van der Waals surface area contributed by atoms with E-state index in [2.05, 4.69) is 5.32 Å². The highest BCUT2D eigenvalue weighted by molar-refractivity contribution is 6.18. The summed E-state index contributed by atoms with van der Waals surface area (Å²) in [7, 11) is 3.01. The Morgan fingerprint density at radius 2 is 1.81 bits per heavy atom. The molecule has 1 aromatic carbocycles. The van der Waals surface area contributed by atoms with Crippen LogP contribution in [0.3, 0.4) is 0 Å². The minimum Gasteiger partial charge on any atom is -0.493 e. The number of nitrogens with one attached hydrogen (secondary N) is 1. The van der Waals surface area contributed by atoms with Gasteiger partial charge in [-0.1, -0.05) is 0 Å². The molecule has 2 rings (SSSR count). The maximum atomic E-state index is 13.2. The third kappa shape index (κ3) is 4.18. The molecule has 0 fully saturated rings. The molecule has 1 aliphatic rings. The lowest BCUT2D eigenvalue weighted by atomic mass is 9.90. The number of amides is 1. The van der Waals surface area contributed by atoms with Gasteiger partial charge in [0.1, 0.15) is 0 Å². The number of anilines is 1. The molecule has 1 aromatic rings. The lowest BCUT2D eigenvalue weighted by molar-refractivity contribution is 0.102. The number of rotatable bonds is 4. The SMILES string of the molecule is CCOC(=O)N1c2cc(OC)c(OC)cc2C(=O)C(=CNC(C)(C)C)C1C. The van der Waals surface area contributed by atoms with Crippen LogP contribution in [0.4, 0.5) is 10.5 Å². The van der Waals surface area contributed by atoms with Crippen LogP contribution in [0.25, 0.3) is 0 Å². The second kappa shape index (κ2) is 7.90. The third-order valence-corrected chi connectivity index (χ3v) is 4.23. The molecule has 27 heavy (non-hydrogen) atoms. The molecule has 1 unspecified atom stereocenters. The fourth-order valence-corrected chi connectivity index (χ4v) is 2.87. The Bertz CT molecular complexity index is 764. The number of ketones is 1. The van der Waals surface area contributed by atoms with Crippen LogP contribution in [0.5, 0.6) is 11.5 Å². The van der Waals surface area contributed by atoms with Crippen LogP contribution in [0.2, 0.25) is 0 Å². The zero-order valence-electron chi connectivity index (χ0n) is 17.0. The Labute approximate surface area is 160 Å². The van der Waals surface area contributed by atoms with Gasteiger partial charge in [0.25, 0.3) is 0 Å². The van der Waals surface area contributed by atoms with E-state index in [1.54, 1.807) is 32.2 Å². The van der Waals surface area contributed by atoms with Gasteiger partial charge in [-0.25, -0.2) is 4.79 Å². The predicted molar refractivity (Wildman–Crippen MR) is 104 cm³/mol. The number of methoxy groups -OCH3 is 2. The topological polar surface area (TPSA) is 77.1 Å². The molecule has 0 saturated heterocycles. The van der Waals surface area contributed by atoms with Gasteiger partial charge in [0.2, 0.25) is 0 Å². The molecule has 148 valence electrons. The van der Waals surface area contributed by atoms with Crippen molar-refractivity contribution in [1.29, 1.82) is 0 Å². The second-order valence-corrected chi connectivity index (χ2v) is 7.29. The van der Waals surface area contributed by atoms with Crippen molar-refractivity contribution in [3.63, 3.8) is 0 Å². The lowest BCUT2D eigenvalue weighted by Gasteiger charge is -2.36. The smallest absolute Gasteiger partial charge is 0.414 e. The van der Waals surface area contributed by atoms with Crippen molar-refractivity contribution in [1.82, 2.24) is 5.32 Å². The minimum absolute atomic E-state index is 0.171. The van der Waals surface area contributed by atoms with Crippen molar-refractivity contribution in [3.05, 3.63) is 29.5 Å². The number of carbonyl (C=O) groups excluding carboxylic acids is 2. The maximum absolute atomic E-state index is 13.2. The van der Waals surface area contributed by atoms with Gasteiger partial charge in [0, 0.05) is 23.4 Å². The van der Waals surface area contributed by atoms with Crippen molar-refractivity contribution in [2.24, 2.45) is 0 Å². The number of carbonyl (C=O) groups is 2. The second-order valence-electron chi connectivity index (χ2n) is 7.29. The number of hydrogen-bond donors (Lipinski definition) is 1. The van der Waals surface area contributed by atoms with Gasteiger partial charge in [-0.3, -0.25) is 9.69 Å². The highest BCUT2D eigenvalue weighted by Crippen LogP contribution is 2.41. The largest absolute Gasteiger partial charge is 0.493 e. The van der Waals surface area contributed by atoms with Gasteiger partial charge in [-0.05, 0) is 40.7 Å². The average Bonchev–Trinajstić information content (AvgIpc) is 2.60. The summed E-state index contributed by atoms with van der Waals surface area (Å²) in [5.41, 5.74) is 1.05. The molecule has 1 atom stereocenters. The molecule has 7 heteroatoms. The maximum Gasteiger partial charge on any atom is 0.414 e. The first-order chi connectivity index (χ1) is 12.6. The number of benzene rings is 1. The number of hydrogen-bond acceptors (Lipinski definition) is 6. The first-order valence-electron chi connectivity index (χ1n) is 8.89. The van der Waals surface area contributed by atoms with Gasteiger partial charge < -0.3 is 19.5 Å². The standard InChI is InChI=1S/C20H28N2O5/c1-8-27-19(24)22-12(2)14(11-21-20(3,4)5)18(23)13-9-16(25-6)17(26-7)10-15(13)22/h9-12,21H,8H2,1-7H3. The Balaban J connectivity index is 2.65. The zero-order chi connectivity index (χ0) is 20.4. The molecule has 7 nitrogen and oxygen atoms in total. The molecule has 1 N–H and O–H groups in total. The van der Waals surface area contributed by atoms with E-state index in [1.807, 2.05) is 20.8 Å². The van der Waals surface area contributed by atoms with E-state index in [0.29, 0.717) is 28.3 Å². The molecule has 0 aromatic heterocycles. The van der Waals surface area contributed by atoms with E-state index in [9.17, 15) is 9.59 Å². The van der Waals surface area contributed by atoms with E-state index in [1.165, 1.54) is 19.1 Å². The number of nitrogens with zero attached hydrogens (tertiary/aromatic N) is 1. The summed E-state index contributed by atoms with van der Waals surface area (Å²) in [5, 5.41) is 3.21. The number of ether oxygens (including phenoxy) is 3. The van der Waals surface area contributed by atoms with Gasteiger partial charge in [0.15, 0.2) is 17.3 Å². The van der Waals surface area contributed by atoms with Crippen LogP contribution < -0.4 is 19.7 Å². The Morgan fingerprint density at radius 3 is 2.33 bits per heavy atom. The molecule has 1 aliphatic heterocycles. The summed E-state index contributed by atoms with van der Waals surface area (Å²) in [6, 6.07) is 2.73. The van der Waals surface area contributed by atoms with Crippen molar-refractivity contribution < 1.29 is 23.8 Å². The summed E-state index contributed by atoms with van der Waals surface area (Å²) in [6.45, 7) is 9.75. The summed E-state index contributed by atoms with van der Waals surface area (Å²) in [6.07, 6.45) is 1.16. The molecule has 0 radical (unpaired) electrons. The Kier molecular flexibility index (Phi) is 6.03. The van der Waals surface area contributed by atoms with E-state index in [4.69, 9.17) is 14.2 Å². The molecule has 1 heterocycles. The molecule has 1 amide bonds. The van der Waals surface area contributed by atoms with Crippen molar-refractivity contribution >= 4 is 17.6 Å². The highest BCUT2D eigenvalue weighted by Gasteiger charge is 2.39. The zero-order valence-corrected chi connectivity index (χ0v) is 17.0. The Hall–Kier alpha value is -2.70. The monoisotopic (exact) mass is 376 g/mol. The van der Waals surface area contributed by atoms with Crippen LogP contribution in [-0.2, 0) is 4.74 Å². The summed E-state index contributed by atoms with van der Waals surface area (Å²) >= 11 is 0. The van der Waals surface area contributed by atoms with Crippen LogP contribution >= 0.6 is 0 Å². The number of Topliss-reactive ketones (excluding diaryl/α,β-unsaturated/α-hetero) is 1. The predicted octanol–water partition coefficient (Wildman–Crippen LogP) is 3.52. The summed E-state index contributed by atoms with van der Waals surface area (Å²) in [5.74, 6) is 0.688. The summed E-state index contributed by atoms with van der Waals surface area (Å²) in [4.78, 5) is 27.3.